The standard InChI is InChI=1S/C9H10Cl2N2O/c1-6(14)13-4-7-3-12-5-9(11)8(7)2-10/h3,5H,2,4H2,1H3,(H,13,14). The predicted octanol–water partition coefficient (Wildman–Crippen LogP) is 2.11. The first kappa shape index (κ1) is 11.3. The number of aromatic nitrogens is 1. The van der Waals surface area contributed by atoms with Crippen molar-refractivity contribution in [2.24, 2.45) is 0 Å². The Morgan fingerprint density at radius 3 is 2.86 bits per heavy atom. The maximum absolute atomic E-state index is 10.7. The van der Waals surface area contributed by atoms with Crippen molar-refractivity contribution in [1.29, 1.82) is 0 Å². The van der Waals surface area contributed by atoms with Crippen LogP contribution >= 0.6 is 23.2 Å². The summed E-state index contributed by atoms with van der Waals surface area (Å²) in [4.78, 5) is 14.6. The number of pyridine rings is 1. The summed E-state index contributed by atoms with van der Waals surface area (Å²) in [7, 11) is 0. The topological polar surface area (TPSA) is 42.0 Å². The molecule has 1 rings (SSSR count). The summed E-state index contributed by atoms with van der Waals surface area (Å²) in [5.41, 5.74) is 1.67. The van der Waals surface area contributed by atoms with Crippen molar-refractivity contribution in [1.82, 2.24) is 10.3 Å². The Bertz CT molecular complexity index is 342. The monoisotopic (exact) mass is 232 g/mol. The molecule has 0 aliphatic heterocycles. The fourth-order valence-corrected chi connectivity index (χ4v) is 1.65. The third-order valence-electron chi connectivity index (χ3n) is 1.76. The second-order valence-corrected chi connectivity index (χ2v) is 3.48. The molecule has 1 aromatic heterocycles. The SMILES string of the molecule is CC(=O)NCc1cncc(Cl)c1CCl. The molecule has 0 aliphatic carbocycles. The molecule has 0 saturated carbocycles. The number of carbonyl (C=O) groups excluding carboxylic acids is 1. The summed E-state index contributed by atoms with van der Waals surface area (Å²) >= 11 is 11.6. The minimum absolute atomic E-state index is 0.0921. The van der Waals surface area contributed by atoms with Gasteiger partial charge in [0.1, 0.15) is 0 Å². The molecule has 5 heteroatoms. The van der Waals surface area contributed by atoms with Crippen LogP contribution < -0.4 is 5.32 Å². The number of amides is 1. The Hall–Kier alpha value is -0.800. The van der Waals surface area contributed by atoms with Gasteiger partial charge < -0.3 is 5.32 Å². The van der Waals surface area contributed by atoms with Crippen LogP contribution in [-0.4, -0.2) is 10.9 Å². The number of hydrogen-bond donors (Lipinski definition) is 1. The molecule has 14 heavy (non-hydrogen) atoms. The summed E-state index contributed by atoms with van der Waals surface area (Å²) < 4.78 is 0. The lowest BCUT2D eigenvalue weighted by molar-refractivity contribution is -0.119. The molecule has 1 heterocycles. The Morgan fingerprint density at radius 1 is 1.57 bits per heavy atom. The van der Waals surface area contributed by atoms with E-state index >= 15 is 0 Å². The zero-order chi connectivity index (χ0) is 10.6. The minimum Gasteiger partial charge on any atom is -0.352 e. The van der Waals surface area contributed by atoms with Gasteiger partial charge in [0.2, 0.25) is 5.91 Å². The van der Waals surface area contributed by atoms with E-state index in [-0.39, 0.29) is 5.91 Å². The lowest BCUT2D eigenvalue weighted by atomic mass is 10.1. The third-order valence-corrected chi connectivity index (χ3v) is 2.35. The van der Waals surface area contributed by atoms with E-state index in [1.54, 1.807) is 6.20 Å². The maximum Gasteiger partial charge on any atom is 0.217 e. The number of alkyl halides is 1. The number of carbonyl (C=O) groups is 1. The quantitative estimate of drug-likeness (QED) is 0.812. The summed E-state index contributed by atoms with van der Waals surface area (Å²) in [5, 5.41) is 3.20. The van der Waals surface area contributed by atoms with Gasteiger partial charge in [0.05, 0.1) is 5.02 Å². The molecule has 0 bridgehead atoms. The normalized spacial score (nSPS) is 9.93. The molecular formula is C9H10Cl2N2O. The fourth-order valence-electron chi connectivity index (χ4n) is 1.02. The largest absolute Gasteiger partial charge is 0.352 e. The predicted molar refractivity (Wildman–Crippen MR) is 56.3 cm³/mol. The highest BCUT2D eigenvalue weighted by molar-refractivity contribution is 6.32. The summed E-state index contributed by atoms with van der Waals surface area (Å²) in [5.74, 6) is 0.224. The fraction of sp³-hybridized carbons (Fsp3) is 0.333. The van der Waals surface area contributed by atoms with Crippen molar-refractivity contribution in [2.45, 2.75) is 19.3 Å². The van der Waals surface area contributed by atoms with E-state index in [2.05, 4.69) is 10.3 Å². The lowest BCUT2D eigenvalue weighted by Gasteiger charge is -2.08. The van der Waals surface area contributed by atoms with Gasteiger partial charge in [0.15, 0.2) is 0 Å². The number of rotatable bonds is 3. The molecule has 0 atom stereocenters. The van der Waals surface area contributed by atoms with Gasteiger partial charge in [-0.2, -0.15) is 0 Å². The average Bonchev–Trinajstić information content (AvgIpc) is 2.14. The first-order valence-electron chi connectivity index (χ1n) is 4.06. The van der Waals surface area contributed by atoms with E-state index < -0.39 is 0 Å². The van der Waals surface area contributed by atoms with E-state index in [0.29, 0.717) is 17.4 Å². The van der Waals surface area contributed by atoms with Crippen LogP contribution in [0, 0.1) is 0 Å². The van der Waals surface area contributed by atoms with Crippen molar-refractivity contribution in [3.05, 3.63) is 28.5 Å². The van der Waals surface area contributed by atoms with Crippen LogP contribution in [0.3, 0.4) is 0 Å². The van der Waals surface area contributed by atoms with Crippen molar-refractivity contribution in [2.75, 3.05) is 0 Å². The summed E-state index contributed by atoms with van der Waals surface area (Å²) in [6, 6.07) is 0. The molecule has 0 fully saturated rings. The molecule has 0 saturated heterocycles. The van der Waals surface area contributed by atoms with Crippen LogP contribution in [0.25, 0.3) is 0 Å². The molecule has 0 aromatic carbocycles. The average molecular weight is 233 g/mol. The Kier molecular flexibility index (Phi) is 4.17. The molecule has 0 aliphatic rings. The van der Waals surface area contributed by atoms with E-state index in [1.165, 1.54) is 13.1 Å². The highest BCUT2D eigenvalue weighted by Crippen LogP contribution is 2.20. The molecular weight excluding hydrogens is 223 g/mol. The number of nitrogens with one attached hydrogen (secondary N) is 1. The molecule has 3 nitrogen and oxygen atoms in total. The zero-order valence-corrected chi connectivity index (χ0v) is 9.19. The molecule has 0 spiro atoms. The van der Waals surface area contributed by atoms with Crippen molar-refractivity contribution in [3.8, 4) is 0 Å². The second kappa shape index (κ2) is 5.17. The molecule has 1 amide bonds. The first-order chi connectivity index (χ1) is 6.65. The molecule has 1 N–H and O–H groups in total. The Balaban J connectivity index is 2.85. The van der Waals surface area contributed by atoms with Crippen molar-refractivity contribution >= 4 is 29.1 Å². The van der Waals surface area contributed by atoms with Gasteiger partial charge in [0, 0.05) is 31.7 Å². The Morgan fingerprint density at radius 2 is 2.29 bits per heavy atom. The van der Waals surface area contributed by atoms with Gasteiger partial charge in [-0.25, -0.2) is 0 Å². The number of hydrogen-bond acceptors (Lipinski definition) is 2. The van der Waals surface area contributed by atoms with Gasteiger partial charge in [-0.15, -0.1) is 11.6 Å². The highest BCUT2D eigenvalue weighted by atomic mass is 35.5. The first-order valence-corrected chi connectivity index (χ1v) is 4.98. The third kappa shape index (κ3) is 2.86. The van der Waals surface area contributed by atoms with E-state index in [4.69, 9.17) is 23.2 Å². The summed E-state index contributed by atoms with van der Waals surface area (Å²) in [6.45, 7) is 1.86. The number of halogens is 2. The van der Waals surface area contributed by atoms with Gasteiger partial charge >= 0.3 is 0 Å². The van der Waals surface area contributed by atoms with E-state index in [9.17, 15) is 4.79 Å². The van der Waals surface area contributed by atoms with Gasteiger partial charge in [-0.3, -0.25) is 9.78 Å². The van der Waals surface area contributed by atoms with Crippen LogP contribution in [0.15, 0.2) is 12.4 Å². The van der Waals surface area contributed by atoms with Crippen molar-refractivity contribution < 1.29 is 4.79 Å². The molecule has 0 unspecified atom stereocenters. The van der Waals surface area contributed by atoms with Crippen LogP contribution in [-0.2, 0) is 17.2 Å². The van der Waals surface area contributed by atoms with Crippen LogP contribution in [0.4, 0.5) is 0 Å². The number of nitrogens with zero attached hydrogens (tertiary/aromatic N) is 1. The van der Waals surface area contributed by atoms with Crippen LogP contribution in [0.1, 0.15) is 18.1 Å². The van der Waals surface area contributed by atoms with Crippen LogP contribution in [0.2, 0.25) is 5.02 Å². The van der Waals surface area contributed by atoms with Gasteiger partial charge in [-0.1, -0.05) is 11.6 Å². The smallest absolute Gasteiger partial charge is 0.217 e. The minimum atomic E-state index is -0.0921. The second-order valence-electron chi connectivity index (χ2n) is 2.80. The molecule has 1 aromatic rings. The molecule has 0 radical (unpaired) electrons. The summed E-state index contributed by atoms with van der Waals surface area (Å²) in [6.07, 6.45) is 3.19. The van der Waals surface area contributed by atoms with Gasteiger partial charge in [-0.05, 0) is 11.1 Å². The van der Waals surface area contributed by atoms with Crippen molar-refractivity contribution in [3.63, 3.8) is 0 Å². The lowest BCUT2D eigenvalue weighted by Crippen LogP contribution is -2.19. The van der Waals surface area contributed by atoms with Crippen LogP contribution in [0.5, 0.6) is 0 Å². The zero-order valence-electron chi connectivity index (χ0n) is 7.68. The van der Waals surface area contributed by atoms with E-state index in [1.807, 2.05) is 0 Å². The Labute approximate surface area is 92.4 Å². The highest BCUT2D eigenvalue weighted by Gasteiger charge is 2.06. The van der Waals surface area contributed by atoms with E-state index in [0.717, 1.165) is 11.1 Å². The van der Waals surface area contributed by atoms with Gasteiger partial charge in [0.25, 0.3) is 0 Å². The molecule has 76 valence electrons. The maximum atomic E-state index is 10.7.